The summed E-state index contributed by atoms with van der Waals surface area (Å²) in [6.45, 7) is 10.4. The van der Waals surface area contributed by atoms with E-state index in [1.54, 1.807) is 65.0 Å². The minimum Gasteiger partial charge on any atom is -0.0587 e. The van der Waals surface area contributed by atoms with Crippen LogP contribution in [-0.2, 0) is 5.41 Å². The van der Waals surface area contributed by atoms with Crippen molar-refractivity contribution in [1.82, 2.24) is 0 Å². The SMILES string of the molecule is [2H]C([2H])([2H])c1cc(-c2ccc(-c3c(C([2H])(C)C)cc(C(C)(C)C)cc3C([2H])(C)C)cc2C([2H])([2H])[2H])ccc1C. The van der Waals surface area contributed by atoms with Crippen molar-refractivity contribution in [3.8, 4) is 22.3 Å². The van der Waals surface area contributed by atoms with E-state index in [0.29, 0.717) is 27.8 Å². The first-order chi connectivity index (χ1) is 17.4. The Hall–Kier alpha value is -2.34. The van der Waals surface area contributed by atoms with Gasteiger partial charge in [0, 0.05) is 11.0 Å². The van der Waals surface area contributed by atoms with E-state index in [9.17, 15) is 0 Å². The van der Waals surface area contributed by atoms with Crippen LogP contribution in [0.5, 0.6) is 0 Å². The van der Waals surface area contributed by atoms with Crippen molar-refractivity contribution >= 4 is 0 Å². The fourth-order valence-corrected chi connectivity index (χ4v) is 3.92. The Balaban J connectivity index is 2.43. The highest BCUT2D eigenvalue weighted by atomic mass is 14.3. The van der Waals surface area contributed by atoms with Crippen molar-refractivity contribution in [2.45, 2.75) is 86.3 Å². The first kappa shape index (κ1) is 14.7. The van der Waals surface area contributed by atoms with Crippen LogP contribution in [0.4, 0.5) is 0 Å². The summed E-state index contributed by atoms with van der Waals surface area (Å²) in [5.41, 5.74) is 5.46. The van der Waals surface area contributed by atoms with E-state index < -0.39 is 25.5 Å². The monoisotopic (exact) mass is 420 g/mol. The fourth-order valence-electron chi connectivity index (χ4n) is 3.92. The van der Waals surface area contributed by atoms with Gasteiger partial charge in [0.05, 0.1) is 0 Å². The Labute approximate surface area is 202 Å². The number of aryl methyl sites for hydroxylation is 3. The van der Waals surface area contributed by atoms with Gasteiger partial charge in [-0.15, -0.1) is 0 Å². The van der Waals surface area contributed by atoms with Crippen LogP contribution in [0.2, 0.25) is 0 Å². The summed E-state index contributed by atoms with van der Waals surface area (Å²) in [6.07, 6.45) is 0. The molecule has 0 spiro atoms. The molecule has 3 aromatic carbocycles. The van der Waals surface area contributed by atoms with Crippen LogP contribution < -0.4 is 0 Å². The zero-order valence-electron chi connectivity index (χ0n) is 28.1. The van der Waals surface area contributed by atoms with Gasteiger partial charge in [-0.1, -0.05) is 97.0 Å². The van der Waals surface area contributed by atoms with E-state index in [2.05, 4.69) is 20.8 Å². The second-order valence-electron chi connectivity index (χ2n) is 9.99. The van der Waals surface area contributed by atoms with Gasteiger partial charge in [0.1, 0.15) is 0 Å². The molecule has 0 nitrogen and oxygen atoms in total. The fraction of sp³-hybridized carbons (Fsp3) is 0.419. The van der Waals surface area contributed by atoms with Gasteiger partial charge in [-0.2, -0.15) is 0 Å². The van der Waals surface area contributed by atoms with Crippen molar-refractivity contribution < 1.29 is 11.0 Å². The maximum Gasteiger partial charge on any atom is 0.0347 e. The molecule has 3 aromatic rings. The zero-order chi connectivity index (χ0) is 29.9. The Bertz CT molecular complexity index is 1340. The van der Waals surface area contributed by atoms with Gasteiger partial charge in [-0.05, 0) is 93.5 Å². The Morgan fingerprint density at radius 1 is 0.710 bits per heavy atom. The van der Waals surface area contributed by atoms with Crippen molar-refractivity contribution in [1.29, 1.82) is 0 Å². The molecule has 0 heteroatoms. The molecule has 0 saturated heterocycles. The van der Waals surface area contributed by atoms with Crippen LogP contribution >= 0.6 is 0 Å². The molecule has 0 fully saturated rings. The number of benzene rings is 3. The molecule has 0 saturated carbocycles. The third kappa shape index (κ3) is 4.79. The molecule has 0 aliphatic heterocycles. The first-order valence-corrected chi connectivity index (χ1v) is 10.9. The zero-order valence-corrected chi connectivity index (χ0v) is 20.1. The van der Waals surface area contributed by atoms with Crippen LogP contribution in [0, 0.1) is 20.6 Å². The lowest BCUT2D eigenvalue weighted by Gasteiger charge is -2.27. The highest BCUT2D eigenvalue weighted by Crippen LogP contribution is 2.41. The van der Waals surface area contributed by atoms with Crippen LogP contribution in [0.1, 0.15) is 105 Å². The molecule has 0 atom stereocenters. The first-order valence-electron chi connectivity index (χ1n) is 14.9. The minimum absolute atomic E-state index is 0.0997. The van der Waals surface area contributed by atoms with Gasteiger partial charge in [0.25, 0.3) is 0 Å². The molecule has 164 valence electrons. The molecule has 3 rings (SSSR count). The molecule has 0 unspecified atom stereocenters. The maximum atomic E-state index is 9.00. The largest absolute Gasteiger partial charge is 0.0587 e. The van der Waals surface area contributed by atoms with Crippen LogP contribution in [0.15, 0.2) is 48.5 Å². The molecule has 0 amide bonds. The van der Waals surface area contributed by atoms with E-state index in [4.69, 9.17) is 11.0 Å². The average Bonchev–Trinajstić information content (AvgIpc) is 2.75. The molecule has 31 heavy (non-hydrogen) atoms. The van der Waals surface area contributed by atoms with Gasteiger partial charge in [-0.25, -0.2) is 0 Å². The van der Waals surface area contributed by atoms with Gasteiger partial charge in [0.15, 0.2) is 0 Å². The smallest absolute Gasteiger partial charge is 0.0347 e. The molecular weight excluding hydrogens is 372 g/mol. The van der Waals surface area contributed by atoms with Gasteiger partial charge in [-0.3, -0.25) is 0 Å². The van der Waals surface area contributed by atoms with Gasteiger partial charge < -0.3 is 0 Å². The number of hydrogen-bond donors (Lipinski definition) is 0. The molecule has 0 heterocycles. The Morgan fingerprint density at radius 3 is 1.77 bits per heavy atom. The second kappa shape index (κ2) is 8.65. The minimum atomic E-state index is -2.48. The molecule has 0 N–H and O–H groups in total. The van der Waals surface area contributed by atoms with E-state index in [-0.39, 0.29) is 16.5 Å². The van der Waals surface area contributed by atoms with Gasteiger partial charge >= 0.3 is 0 Å². The van der Waals surface area contributed by atoms with Crippen LogP contribution in [-0.4, -0.2) is 0 Å². The van der Waals surface area contributed by atoms with E-state index in [0.717, 1.165) is 16.7 Å². The summed E-state index contributed by atoms with van der Waals surface area (Å²) in [5, 5.41) is 0. The summed E-state index contributed by atoms with van der Waals surface area (Å²) < 4.78 is 66.8. The van der Waals surface area contributed by atoms with Crippen LogP contribution in [0.3, 0.4) is 0 Å². The number of rotatable bonds is 4. The third-order valence-corrected chi connectivity index (χ3v) is 5.94. The predicted molar refractivity (Wildman–Crippen MR) is 138 cm³/mol. The van der Waals surface area contributed by atoms with Crippen molar-refractivity contribution in [3.05, 3.63) is 81.9 Å². The summed E-state index contributed by atoms with van der Waals surface area (Å²) in [4.78, 5) is 0. The summed E-state index contributed by atoms with van der Waals surface area (Å²) >= 11 is 0. The average molecular weight is 421 g/mol. The quantitative estimate of drug-likeness (QED) is 0.394. The Morgan fingerprint density at radius 2 is 1.26 bits per heavy atom. The normalized spacial score (nSPS) is 17.4. The molecule has 0 bridgehead atoms. The van der Waals surface area contributed by atoms with Crippen molar-refractivity contribution in [2.75, 3.05) is 0 Å². The third-order valence-electron chi connectivity index (χ3n) is 5.94. The van der Waals surface area contributed by atoms with Crippen molar-refractivity contribution in [2.24, 2.45) is 0 Å². The van der Waals surface area contributed by atoms with E-state index in [1.165, 1.54) is 0 Å². The van der Waals surface area contributed by atoms with Crippen LogP contribution in [0.25, 0.3) is 22.3 Å². The van der Waals surface area contributed by atoms with Gasteiger partial charge in [0.2, 0.25) is 0 Å². The predicted octanol–water partition coefficient (Wildman–Crippen LogP) is 9.49. The molecule has 0 aliphatic carbocycles. The summed E-state index contributed by atoms with van der Waals surface area (Å²) in [6, 6.07) is 14.2. The Kier molecular flexibility index (Phi) is 4.10. The number of hydrogen-bond acceptors (Lipinski definition) is 0. The van der Waals surface area contributed by atoms with Crippen molar-refractivity contribution in [3.63, 3.8) is 0 Å². The lowest BCUT2D eigenvalue weighted by molar-refractivity contribution is 0.587. The molecule has 0 radical (unpaired) electrons. The second-order valence-corrected chi connectivity index (χ2v) is 9.99. The lowest BCUT2D eigenvalue weighted by Crippen LogP contribution is -2.14. The topological polar surface area (TPSA) is 0 Å². The molecular formula is C31H40. The lowest BCUT2D eigenvalue weighted by atomic mass is 9.77. The summed E-state index contributed by atoms with van der Waals surface area (Å²) in [7, 11) is 0. The maximum absolute atomic E-state index is 9.00. The standard InChI is InChI=1S/C31H40/c1-19(2)28-17-26(31(8,9)10)18-29(20(3)4)30(28)25-13-14-27(23(7)16-25)24-12-11-21(5)22(6)15-24/h11-20H,1-10H3/i6D3,7D3,19D,20D. The molecule has 0 aliphatic rings. The van der Waals surface area contributed by atoms with E-state index in [1.807, 2.05) is 18.2 Å². The highest BCUT2D eigenvalue weighted by molar-refractivity contribution is 5.78. The molecule has 0 aromatic heterocycles. The highest BCUT2D eigenvalue weighted by Gasteiger charge is 2.22. The van der Waals surface area contributed by atoms with E-state index >= 15 is 0 Å². The summed E-state index contributed by atoms with van der Waals surface area (Å²) in [5.74, 6) is -2.03.